The highest BCUT2D eigenvalue weighted by Gasteiger charge is 2.54. The Kier molecular flexibility index (Phi) is 2.86. The molecule has 0 bridgehead atoms. The molecular weight excluding hydrogens is 226 g/mol. The minimum atomic E-state index is -0.279. The van der Waals surface area contributed by atoms with Gasteiger partial charge in [0, 0.05) is 6.54 Å². The van der Waals surface area contributed by atoms with Crippen LogP contribution < -0.4 is 0 Å². The molecule has 1 N–H and O–H groups in total. The van der Waals surface area contributed by atoms with E-state index in [4.69, 9.17) is 0 Å². The molecule has 1 unspecified atom stereocenters. The molecule has 2 fully saturated rings. The van der Waals surface area contributed by atoms with Gasteiger partial charge in [0.05, 0.1) is 18.1 Å². The molecule has 0 aromatic heterocycles. The summed E-state index contributed by atoms with van der Waals surface area (Å²) in [6, 6.07) is 10.1. The first-order chi connectivity index (χ1) is 8.78. The molecule has 1 amide bonds. The quantitative estimate of drug-likeness (QED) is 0.880. The summed E-state index contributed by atoms with van der Waals surface area (Å²) in [5.74, 6) is 0.227. The van der Waals surface area contributed by atoms with Crippen LogP contribution in [0.4, 0.5) is 0 Å². The van der Waals surface area contributed by atoms with Crippen molar-refractivity contribution in [3.63, 3.8) is 0 Å². The Morgan fingerprint density at radius 3 is 2.67 bits per heavy atom. The topological polar surface area (TPSA) is 40.5 Å². The number of carbonyl (C=O) groups excluding carboxylic acids is 1. The summed E-state index contributed by atoms with van der Waals surface area (Å²) in [5, 5.41) is 9.35. The van der Waals surface area contributed by atoms with Gasteiger partial charge in [0.2, 0.25) is 5.91 Å². The smallest absolute Gasteiger partial charge is 0.233 e. The lowest BCUT2D eigenvalue weighted by Crippen LogP contribution is -2.43. The summed E-state index contributed by atoms with van der Waals surface area (Å²) in [6.07, 6.45) is 3.85. The number of hydrogen-bond donors (Lipinski definition) is 1. The van der Waals surface area contributed by atoms with Crippen molar-refractivity contribution >= 4 is 5.91 Å². The Morgan fingerprint density at radius 1 is 1.33 bits per heavy atom. The van der Waals surface area contributed by atoms with E-state index in [-0.39, 0.29) is 24.0 Å². The van der Waals surface area contributed by atoms with Gasteiger partial charge < -0.3 is 10.0 Å². The number of nitrogens with zero attached hydrogens (tertiary/aromatic N) is 1. The third-order valence-corrected chi connectivity index (χ3v) is 4.33. The zero-order valence-corrected chi connectivity index (χ0v) is 10.5. The van der Waals surface area contributed by atoms with Gasteiger partial charge >= 0.3 is 0 Å². The fourth-order valence-corrected chi connectivity index (χ4v) is 3.08. The van der Waals surface area contributed by atoms with Crippen LogP contribution in [0, 0.1) is 0 Å². The van der Waals surface area contributed by atoms with E-state index in [2.05, 4.69) is 12.1 Å². The van der Waals surface area contributed by atoms with Gasteiger partial charge in [-0.15, -0.1) is 0 Å². The van der Waals surface area contributed by atoms with Gasteiger partial charge in [0.25, 0.3) is 0 Å². The average Bonchev–Trinajstić information content (AvgIpc) is 3.10. The van der Waals surface area contributed by atoms with E-state index in [0.717, 1.165) is 37.8 Å². The molecule has 18 heavy (non-hydrogen) atoms. The van der Waals surface area contributed by atoms with Gasteiger partial charge in [0.15, 0.2) is 0 Å². The number of aliphatic hydroxyl groups excluding tert-OH is 1. The van der Waals surface area contributed by atoms with Crippen LogP contribution in [0.25, 0.3) is 0 Å². The van der Waals surface area contributed by atoms with Crippen LogP contribution in [0.5, 0.6) is 0 Å². The molecule has 1 saturated heterocycles. The maximum absolute atomic E-state index is 12.7. The van der Waals surface area contributed by atoms with Gasteiger partial charge in [-0.2, -0.15) is 0 Å². The zero-order valence-electron chi connectivity index (χ0n) is 10.5. The number of amides is 1. The molecule has 96 valence electrons. The number of aliphatic hydroxyl groups is 1. The first-order valence-electron chi connectivity index (χ1n) is 6.75. The molecule has 0 spiro atoms. The van der Waals surface area contributed by atoms with Gasteiger partial charge in [-0.1, -0.05) is 30.3 Å². The highest BCUT2D eigenvalue weighted by molar-refractivity contribution is 5.91. The maximum atomic E-state index is 12.7. The van der Waals surface area contributed by atoms with E-state index < -0.39 is 0 Å². The minimum absolute atomic E-state index is 0.0405. The molecule has 1 aliphatic carbocycles. The standard InChI is InChI=1S/C15H19NO2/c17-11-13-7-4-10-16(13)14(18)15(8-9-15)12-5-2-1-3-6-12/h1-3,5-6,13,17H,4,7-11H2. The number of likely N-dealkylation sites (tertiary alicyclic amines) is 1. The molecule has 2 aliphatic rings. The van der Waals surface area contributed by atoms with Crippen LogP contribution in [-0.4, -0.2) is 35.1 Å². The summed E-state index contributed by atoms with van der Waals surface area (Å²) in [4.78, 5) is 14.6. The van der Waals surface area contributed by atoms with E-state index in [1.807, 2.05) is 23.1 Å². The lowest BCUT2D eigenvalue weighted by molar-refractivity contribution is -0.135. The second-order valence-corrected chi connectivity index (χ2v) is 5.43. The molecular formula is C15H19NO2. The zero-order chi connectivity index (χ0) is 12.6. The van der Waals surface area contributed by atoms with Crippen molar-refractivity contribution in [2.75, 3.05) is 13.2 Å². The third kappa shape index (κ3) is 1.74. The van der Waals surface area contributed by atoms with E-state index in [1.165, 1.54) is 0 Å². The van der Waals surface area contributed by atoms with Crippen molar-refractivity contribution in [1.29, 1.82) is 0 Å². The van der Waals surface area contributed by atoms with Gasteiger partial charge in [-0.05, 0) is 31.2 Å². The summed E-state index contributed by atoms with van der Waals surface area (Å²) >= 11 is 0. The van der Waals surface area contributed by atoms with Crippen LogP contribution >= 0.6 is 0 Å². The van der Waals surface area contributed by atoms with Gasteiger partial charge in [-0.25, -0.2) is 0 Å². The Labute approximate surface area is 107 Å². The number of hydrogen-bond acceptors (Lipinski definition) is 2. The summed E-state index contributed by atoms with van der Waals surface area (Å²) < 4.78 is 0. The molecule has 1 aromatic carbocycles. The predicted octanol–water partition coefficient (Wildman–Crippen LogP) is 1.70. The molecule has 1 saturated carbocycles. The minimum Gasteiger partial charge on any atom is -0.394 e. The Morgan fingerprint density at radius 2 is 2.06 bits per heavy atom. The predicted molar refractivity (Wildman–Crippen MR) is 69.2 cm³/mol. The molecule has 3 rings (SSSR count). The highest BCUT2D eigenvalue weighted by Crippen LogP contribution is 2.50. The summed E-state index contributed by atoms with van der Waals surface area (Å²) in [5.41, 5.74) is 0.859. The summed E-state index contributed by atoms with van der Waals surface area (Å²) in [7, 11) is 0. The Balaban J connectivity index is 1.84. The summed E-state index contributed by atoms with van der Waals surface area (Å²) in [6.45, 7) is 0.898. The molecule has 3 nitrogen and oxygen atoms in total. The maximum Gasteiger partial charge on any atom is 0.233 e. The molecule has 1 heterocycles. The second kappa shape index (κ2) is 4.39. The fraction of sp³-hybridized carbons (Fsp3) is 0.533. The van der Waals surface area contributed by atoms with E-state index in [9.17, 15) is 9.90 Å². The number of benzene rings is 1. The van der Waals surface area contributed by atoms with Gasteiger partial charge in [-0.3, -0.25) is 4.79 Å². The Bertz CT molecular complexity index is 439. The van der Waals surface area contributed by atoms with Crippen molar-refractivity contribution in [1.82, 2.24) is 4.90 Å². The van der Waals surface area contributed by atoms with Gasteiger partial charge in [0.1, 0.15) is 0 Å². The molecule has 1 aromatic rings. The van der Waals surface area contributed by atoms with Crippen LogP contribution in [0.3, 0.4) is 0 Å². The second-order valence-electron chi connectivity index (χ2n) is 5.43. The normalized spacial score (nSPS) is 25.2. The molecule has 1 aliphatic heterocycles. The lowest BCUT2D eigenvalue weighted by atomic mass is 9.94. The lowest BCUT2D eigenvalue weighted by Gasteiger charge is -2.28. The van der Waals surface area contributed by atoms with Crippen molar-refractivity contribution in [3.8, 4) is 0 Å². The highest BCUT2D eigenvalue weighted by atomic mass is 16.3. The van der Waals surface area contributed by atoms with Crippen molar-refractivity contribution in [3.05, 3.63) is 35.9 Å². The Hall–Kier alpha value is -1.35. The molecule has 1 atom stereocenters. The van der Waals surface area contributed by atoms with Crippen molar-refractivity contribution < 1.29 is 9.90 Å². The third-order valence-electron chi connectivity index (χ3n) is 4.33. The molecule has 0 radical (unpaired) electrons. The monoisotopic (exact) mass is 245 g/mol. The van der Waals surface area contributed by atoms with E-state index in [1.54, 1.807) is 0 Å². The number of rotatable bonds is 3. The first-order valence-corrected chi connectivity index (χ1v) is 6.75. The van der Waals surface area contributed by atoms with E-state index in [0.29, 0.717) is 0 Å². The first kappa shape index (κ1) is 11.7. The average molecular weight is 245 g/mol. The fourth-order valence-electron chi connectivity index (χ4n) is 3.08. The van der Waals surface area contributed by atoms with E-state index >= 15 is 0 Å². The van der Waals surface area contributed by atoms with Crippen LogP contribution in [0.15, 0.2) is 30.3 Å². The van der Waals surface area contributed by atoms with Crippen LogP contribution in [0.1, 0.15) is 31.2 Å². The van der Waals surface area contributed by atoms with Crippen LogP contribution in [-0.2, 0) is 10.2 Å². The molecule has 3 heteroatoms. The number of carbonyl (C=O) groups is 1. The SMILES string of the molecule is O=C(N1CCCC1CO)C1(c2ccccc2)CC1. The van der Waals surface area contributed by atoms with Crippen LogP contribution in [0.2, 0.25) is 0 Å². The van der Waals surface area contributed by atoms with Crippen molar-refractivity contribution in [2.24, 2.45) is 0 Å². The largest absolute Gasteiger partial charge is 0.394 e. The van der Waals surface area contributed by atoms with Crippen molar-refractivity contribution in [2.45, 2.75) is 37.1 Å².